The summed E-state index contributed by atoms with van der Waals surface area (Å²) in [6, 6.07) is 11.0. The zero-order valence-electron chi connectivity index (χ0n) is 17.4. The van der Waals surface area contributed by atoms with Crippen LogP contribution in [0.3, 0.4) is 0 Å². The smallest absolute Gasteiger partial charge is 0.290 e. The molecule has 0 saturated carbocycles. The van der Waals surface area contributed by atoms with E-state index < -0.39 is 6.04 Å². The Hall–Kier alpha value is -2.80. The van der Waals surface area contributed by atoms with Crippen LogP contribution >= 0.6 is 0 Å². The SMILES string of the molecule is COc1cccc(C(CNC(=O)C2CCCN2C(=O)c2ccco2)N2CCCC2)c1. The molecule has 1 aromatic heterocycles. The fourth-order valence-corrected chi connectivity index (χ4v) is 4.50. The molecule has 7 nitrogen and oxygen atoms in total. The van der Waals surface area contributed by atoms with E-state index in [1.165, 1.54) is 19.1 Å². The lowest BCUT2D eigenvalue weighted by Crippen LogP contribution is -2.47. The molecule has 2 fully saturated rings. The Morgan fingerprint density at radius 2 is 2.00 bits per heavy atom. The van der Waals surface area contributed by atoms with Gasteiger partial charge in [-0.25, -0.2) is 0 Å². The molecule has 1 N–H and O–H groups in total. The molecular weight excluding hydrogens is 382 g/mol. The highest BCUT2D eigenvalue weighted by Crippen LogP contribution is 2.27. The monoisotopic (exact) mass is 411 g/mol. The first-order valence-electron chi connectivity index (χ1n) is 10.7. The molecule has 30 heavy (non-hydrogen) atoms. The molecule has 4 rings (SSSR count). The van der Waals surface area contributed by atoms with Crippen LogP contribution < -0.4 is 10.1 Å². The van der Waals surface area contributed by atoms with E-state index >= 15 is 0 Å². The van der Waals surface area contributed by atoms with Crippen LogP contribution in [0, 0.1) is 0 Å². The summed E-state index contributed by atoms with van der Waals surface area (Å²) < 4.78 is 10.6. The number of furan rings is 1. The van der Waals surface area contributed by atoms with Crippen LogP contribution in [0.2, 0.25) is 0 Å². The quantitative estimate of drug-likeness (QED) is 0.758. The molecular formula is C23H29N3O4. The van der Waals surface area contributed by atoms with Crippen molar-refractivity contribution in [3.05, 3.63) is 54.0 Å². The summed E-state index contributed by atoms with van der Waals surface area (Å²) in [5, 5.41) is 3.12. The first-order chi connectivity index (χ1) is 14.7. The summed E-state index contributed by atoms with van der Waals surface area (Å²) in [6.45, 7) is 3.11. The van der Waals surface area contributed by atoms with Crippen LogP contribution in [0.25, 0.3) is 0 Å². The molecule has 2 amide bonds. The second-order valence-electron chi connectivity index (χ2n) is 7.91. The lowest BCUT2D eigenvalue weighted by Gasteiger charge is -2.30. The number of likely N-dealkylation sites (tertiary alicyclic amines) is 2. The molecule has 0 radical (unpaired) electrons. The van der Waals surface area contributed by atoms with Gasteiger partial charge in [0.15, 0.2) is 5.76 Å². The van der Waals surface area contributed by atoms with Crippen molar-refractivity contribution in [3.63, 3.8) is 0 Å². The summed E-state index contributed by atoms with van der Waals surface area (Å²) in [7, 11) is 1.66. The first-order valence-corrected chi connectivity index (χ1v) is 10.7. The first kappa shape index (κ1) is 20.5. The lowest BCUT2D eigenvalue weighted by atomic mass is 10.0. The van der Waals surface area contributed by atoms with Crippen molar-refractivity contribution in [1.29, 1.82) is 0 Å². The summed E-state index contributed by atoms with van der Waals surface area (Å²) in [6.07, 6.45) is 5.31. The zero-order valence-corrected chi connectivity index (χ0v) is 17.4. The van der Waals surface area contributed by atoms with Gasteiger partial charge in [0, 0.05) is 13.1 Å². The maximum absolute atomic E-state index is 13.0. The largest absolute Gasteiger partial charge is 0.497 e. The molecule has 7 heteroatoms. The van der Waals surface area contributed by atoms with Crippen LogP contribution in [0.15, 0.2) is 47.1 Å². The van der Waals surface area contributed by atoms with E-state index in [1.54, 1.807) is 24.1 Å². The number of nitrogens with one attached hydrogen (secondary N) is 1. The topological polar surface area (TPSA) is 75.0 Å². The highest BCUT2D eigenvalue weighted by Gasteiger charge is 2.36. The second-order valence-corrected chi connectivity index (χ2v) is 7.91. The van der Waals surface area contributed by atoms with E-state index in [-0.39, 0.29) is 23.6 Å². The fourth-order valence-electron chi connectivity index (χ4n) is 4.50. The van der Waals surface area contributed by atoms with E-state index in [1.807, 2.05) is 18.2 Å². The molecule has 2 aliphatic rings. The number of carbonyl (C=O) groups is 2. The third kappa shape index (κ3) is 4.36. The van der Waals surface area contributed by atoms with Gasteiger partial charge in [-0.2, -0.15) is 0 Å². The minimum Gasteiger partial charge on any atom is -0.497 e. The Labute approximate surface area is 177 Å². The lowest BCUT2D eigenvalue weighted by molar-refractivity contribution is -0.125. The van der Waals surface area contributed by atoms with Crippen LogP contribution in [0.1, 0.15) is 47.8 Å². The molecule has 2 atom stereocenters. The molecule has 0 aliphatic carbocycles. The summed E-state index contributed by atoms with van der Waals surface area (Å²) >= 11 is 0. The van der Waals surface area contributed by atoms with Crippen molar-refractivity contribution in [2.24, 2.45) is 0 Å². The van der Waals surface area contributed by atoms with Gasteiger partial charge in [-0.3, -0.25) is 14.5 Å². The number of nitrogens with zero attached hydrogens (tertiary/aromatic N) is 2. The predicted molar refractivity (Wildman–Crippen MR) is 112 cm³/mol. The van der Waals surface area contributed by atoms with Crippen molar-refractivity contribution in [1.82, 2.24) is 15.1 Å². The molecule has 160 valence electrons. The van der Waals surface area contributed by atoms with Gasteiger partial charge in [-0.15, -0.1) is 0 Å². The number of ether oxygens (including phenoxy) is 1. The second kappa shape index (κ2) is 9.34. The van der Waals surface area contributed by atoms with Crippen LogP contribution in [-0.2, 0) is 4.79 Å². The molecule has 3 heterocycles. The summed E-state index contributed by atoms with van der Waals surface area (Å²) in [5.74, 6) is 0.774. The third-order valence-electron chi connectivity index (χ3n) is 6.08. The number of amides is 2. The van der Waals surface area contributed by atoms with E-state index in [0.29, 0.717) is 19.5 Å². The van der Waals surface area contributed by atoms with Crippen molar-refractivity contribution < 1.29 is 18.7 Å². The number of hydrogen-bond acceptors (Lipinski definition) is 5. The number of benzene rings is 1. The minimum atomic E-state index is -0.452. The average molecular weight is 412 g/mol. The maximum atomic E-state index is 13.0. The number of carbonyl (C=O) groups excluding carboxylic acids is 2. The zero-order chi connectivity index (χ0) is 20.9. The van der Waals surface area contributed by atoms with Crippen LogP contribution in [-0.4, -0.2) is 60.9 Å². The van der Waals surface area contributed by atoms with E-state index in [4.69, 9.17) is 9.15 Å². The van der Waals surface area contributed by atoms with Gasteiger partial charge in [0.05, 0.1) is 19.4 Å². The minimum absolute atomic E-state index is 0.0854. The third-order valence-corrected chi connectivity index (χ3v) is 6.08. The number of rotatable bonds is 7. The van der Waals surface area contributed by atoms with Crippen molar-refractivity contribution in [3.8, 4) is 5.75 Å². The number of hydrogen-bond donors (Lipinski definition) is 1. The van der Waals surface area contributed by atoms with Gasteiger partial charge in [-0.05, 0) is 68.6 Å². The summed E-state index contributed by atoms with van der Waals surface area (Å²) in [4.78, 5) is 29.8. The Morgan fingerprint density at radius 3 is 2.73 bits per heavy atom. The Balaban J connectivity index is 1.44. The van der Waals surface area contributed by atoms with Crippen molar-refractivity contribution in [2.45, 2.75) is 37.8 Å². The Kier molecular flexibility index (Phi) is 6.38. The molecule has 2 unspecified atom stereocenters. The van der Waals surface area contributed by atoms with E-state index in [0.717, 1.165) is 30.8 Å². The standard InChI is InChI=1S/C23H29N3O4/c1-29-18-8-4-7-17(15-18)20(25-11-2-3-12-25)16-24-22(27)19-9-5-13-26(19)23(28)21-10-6-14-30-21/h4,6-8,10,14-15,19-20H,2-3,5,9,11-13,16H2,1H3,(H,24,27). The average Bonchev–Trinajstić information content (AvgIpc) is 3.56. The predicted octanol–water partition coefficient (Wildman–Crippen LogP) is 2.85. The molecule has 2 aliphatic heterocycles. The molecule has 0 spiro atoms. The van der Waals surface area contributed by atoms with Gasteiger partial charge >= 0.3 is 0 Å². The molecule has 2 aromatic rings. The fraction of sp³-hybridized carbons (Fsp3) is 0.478. The Morgan fingerprint density at radius 1 is 1.17 bits per heavy atom. The van der Waals surface area contributed by atoms with Gasteiger partial charge in [0.1, 0.15) is 11.8 Å². The van der Waals surface area contributed by atoms with Crippen LogP contribution in [0.5, 0.6) is 5.75 Å². The molecule has 2 saturated heterocycles. The Bertz CT molecular complexity index is 861. The van der Waals surface area contributed by atoms with Gasteiger partial charge in [-0.1, -0.05) is 12.1 Å². The highest BCUT2D eigenvalue weighted by molar-refractivity contribution is 5.96. The number of methoxy groups -OCH3 is 1. The normalized spacial score (nSPS) is 20.3. The maximum Gasteiger partial charge on any atom is 0.290 e. The van der Waals surface area contributed by atoms with E-state index in [9.17, 15) is 9.59 Å². The van der Waals surface area contributed by atoms with Crippen molar-refractivity contribution >= 4 is 11.8 Å². The highest BCUT2D eigenvalue weighted by atomic mass is 16.5. The van der Waals surface area contributed by atoms with E-state index in [2.05, 4.69) is 16.3 Å². The molecule has 1 aromatic carbocycles. The van der Waals surface area contributed by atoms with Crippen molar-refractivity contribution in [2.75, 3.05) is 33.3 Å². The van der Waals surface area contributed by atoms with Crippen LogP contribution in [0.4, 0.5) is 0 Å². The van der Waals surface area contributed by atoms with Gasteiger partial charge in [0.25, 0.3) is 5.91 Å². The summed E-state index contributed by atoms with van der Waals surface area (Å²) in [5.41, 5.74) is 1.13. The van der Waals surface area contributed by atoms with Gasteiger partial charge in [0.2, 0.25) is 5.91 Å². The van der Waals surface area contributed by atoms with Gasteiger partial charge < -0.3 is 19.4 Å². The molecule has 0 bridgehead atoms.